The van der Waals surface area contributed by atoms with Crippen molar-refractivity contribution in [1.82, 2.24) is 9.62 Å². The highest BCUT2D eigenvalue weighted by Crippen LogP contribution is 2.21. The molecule has 0 radical (unpaired) electrons. The van der Waals surface area contributed by atoms with Crippen molar-refractivity contribution in [2.24, 2.45) is 5.41 Å². The van der Waals surface area contributed by atoms with Crippen LogP contribution in [0, 0.1) is 5.41 Å². The van der Waals surface area contributed by atoms with E-state index < -0.39 is 10.0 Å². The molecule has 1 aliphatic heterocycles. The Balaban J connectivity index is 2.75. The van der Waals surface area contributed by atoms with Gasteiger partial charge in [0.2, 0.25) is 10.0 Å². The Morgan fingerprint density at radius 3 is 2.19 bits per heavy atom. The molecule has 1 aliphatic rings. The molecule has 4 nitrogen and oxygen atoms in total. The lowest BCUT2D eigenvalue weighted by atomic mass is 10.0. The molecule has 0 bridgehead atoms. The average Bonchev–Trinajstić information content (AvgIpc) is 1.95. The van der Waals surface area contributed by atoms with Crippen molar-refractivity contribution in [3.8, 4) is 0 Å². The fourth-order valence-electron chi connectivity index (χ4n) is 1.88. The van der Waals surface area contributed by atoms with Gasteiger partial charge in [0.1, 0.15) is 0 Å². The second-order valence-corrected chi connectivity index (χ2v) is 7.66. The molecule has 0 atom stereocenters. The lowest BCUT2D eigenvalue weighted by Crippen LogP contribution is -2.59. The first-order chi connectivity index (χ1) is 7.26. The zero-order chi connectivity index (χ0) is 12.4. The van der Waals surface area contributed by atoms with Crippen LogP contribution in [-0.4, -0.2) is 44.2 Å². The van der Waals surface area contributed by atoms with E-state index in [9.17, 15) is 8.42 Å². The largest absolute Gasteiger partial charge is 0.313 e. The first kappa shape index (κ1) is 13.9. The quantitative estimate of drug-likeness (QED) is 0.791. The van der Waals surface area contributed by atoms with Gasteiger partial charge in [-0.25, -0.2) is 8.42 Å². The molecule has 1 heterocycles. The molecule has 0 aromatic rings. The smallest absolute Gasteiger partial charge is 0.214 e. The maximum atomic E-state index is 12.3. The summed E-state index contributed by atoms with van der Waals surface area (Å²) in [6, 6.07) is 0.173. The summed E-state index contributed by atoms with van der Waals surface area (Å²) in [5.74, 6) is 0.233. The van der Waals surface area contributed by atoms with E-state index in [1.54, 1.807) is 4.31 Å². The molecule has 0 saturated carbocycles. The topological polar surface area (TPSA) is 49.4 Å². The van der Waals surface area contributed by atoms with E-state index in [2.05, 4.69) is 5.32 Å². The molecule has 0 aromatic heterocycles. The highest BCUT2D eigenvalue weighted by Gasteiger charge is 2.35. The molecule has 0 aromatic carbocycles. The van der Waals surface area contributed by atoms with Gasteiger partial charge < -0.3 is 5.32 Å². The zero-order valence-corrected chi connectivity index (χ0v) is 11.6. The summed E-state index contributed by atoms with van der Waals surface area (Å²) >= 11 is 0. The SMILES string of the molecule is CCCN(C1CNC1)S(=O)(=O)CC(C)(C)C. The molecule has 1 rings (SSSR count). The van der Waals surface area contributed by atoms with Crippen LogP contribution in [0.15, 0.2) is 0 Å². The number of hydrogen-bond donors (Lipinski definition) is 1. The van der Waals surface area contributed by atoms with Crippen molar-refractivity contribution < 1.29 is 8.42 Å². The molecular weight excluding hydrogens is 224 g/mol. The van der Waals surface area contributed by atoms with Crippen LogP contribution in [0.4, 0.5) is 0 Å². The fraction of sp³-hybridized carbons (Fsp3) is 1.00. The normalized spacial score (nSPS) is 18.8. The van der Waals surface area contributed by atoms with E-state index in [1.165, 1.54) is 0 Å². The second kappa shape index (κ2) is 5.02. The van der Waals surface area contributed by atoms with Crippen LogP contribution in [0.3, 0.4) is 0 Å². The van der Waals surface area contributed by atoms with Crippen LogP contribution in [-0.2, 0) is 10.0 Å². The number of hydrogen-bond acceptors (Lipinski definition) is 3. The Morgan fingerprint density at radius 2 is 1.88 bits per heavy atom. The van der Waals surface area contributed by atoms with Gasteiger partial charge in [-0.3, -0.25) is 0 Å². The molecule has 0 spiro atoms. The van der Waals surface area contributed by atoms with Crippen LogP contribution in [0.25, 0.3) is 0 Å². The molecule has 1 saturated heterocycles. The summed E-state index contributed by atoms with van der Waals surface area (Å²) in [5.41, 5.74) is -0.179. The van der Waals surface area contributed by atoms with E-state index in [-0.39, 0.29) is 17.2 Å². The van der Waals surface area contributed by atoms with Gasteiger partial charge >= 0.3 is 0 Å². The number of nitrogens with zero attached hydrogens (tertiary/aromatic N) is 1. The Labute approximate surface area is 99.5 Å². The number of nitrogens with one attached hydrogen (secondary N) is 1. The molecule has 1 N–H and O–H groups in total. The molecular formula is C11H24N2O2S. The summed E-state index contributed by atoms with van der Waals surface area (Å²) in [6.45, 7) is 10.2. The van der Waals surface area contributed by atoms with E-state index in [4.69, 9.17) is 0 Å². The van der Waals surface area contributed by atoms with Gasteiger partial charge in [0.25, 0.3) is 0 Å². The molecule has 0 unspecified atom stereocenters. The summed E-state index contributed by atoms with van der Waals surface area (Å²) in [5, 5.41) is 3.13. The Bertz CT molecular complexity index is 315. The molecule has 1 fully saturated rings. The molecule has 0 amide bonds. The Hall–Kier alpha value is -0.130. The third-order valence-corrected chi connectivity index (χ3v) is 5.01. The van der Waals surface area contributed by atoms with Crippen LogP contribution in [0.1, 0.15) is 34.1 Å². The Kier molecular flexibility index (Phi) is 4.37. The monoisotopic (exact) mass is 248 g/mol. The standard InChI is InChI=1S/C11H24N2O2S/c1-5-6-13(10-7-12-8-10)16(14,15)9-11(2,3)4/h10,12H,5-9H2,1-4H3. The minimum absolute atomic E-state index is 0.173. The minimum Gasteiger partial charge on any atom is -0.313 e. The minimum atomic E-state index is -3.11. The second-order valence-electron chi connectivity index (χ2n) is 5.74. The lowest BCUT2D eigenvalue weighted by molar-refractivity contribution is 0.239. The summed E-state index contributed by atoms with van der Waals surface area (Å²) < 4.78 is 26.2. The van der Waals surface area contributed by atoms with Crippen molar-refractivity contribution in [3.63, 3.8) is 0 Å². The van der Waals surface area contributed by atoms with E-state index >= 15 is 0 Å². The molecule has 16 heavy (non-hydrogen) atoms. The molecule has 5 heteroatoms. The summed E-state index contributed by atoms with van der Waals surface area (Å²) in [7, 11) is -3.11. The summed E-state index contributed by atoms with van der Waals surface area (Å²) in [4.78, 5) is 0. The van der Waals surface area contributed by atoms with Crippen molar-refractivity contribution in [1.29, 1.82) is 0 Å². The molecule has 96 valence electrons. The highest BCUT2D eigenvalue weighted by molar-refractivity contribution is 7.89. The van der Waals surface area contributed by atoms with Crippen molar-refractivity contribution in [2.75, 3.05) is 25.4 Å². The van der Waals surface area contributed by atoms with Crippen molar-refractivity contribution in [3.05, 3.63) is 0 Å². The maximum absolute atomic E-state index is 12.3. The van der Waals surface area contributed by atoms with Gasteiger partial charge in [-0.15, -0.1) is 0 Å². The van der Waals surface area contributed by atoms with Gasteiger partial charge in [-0.1, -0.05) is 27.7 Å². The summed E-state index contributed by atoms with van der Waals surface area (Å²) in [6.07, 6.45) is 0.875. The van der Waals surface area contributed by atoms with Crippen LogP contribution in [0.5, 0.6) is 0 Å². The van der Waals surface area contributed by atoms with Gasteiger partial charge in [-0.2, -0.15) is 4.31 Å². The number of rotatable bonds is 5. The Morgan fingerprint density at radius 1 is 1.31 bits per heavy atom. The van der Waals surface area contributed by atoms with Gasteiger partial charge in [0.15, 0.2) is 0 Å². The maximum Gasteiger partial charge on any atom is 0.214 e. The van der Waals surface area contributed by atoms with Crippen LogP contribution >= 0.6 is 0 Å². The van der Waals surface area contributed by atoms with E-state index in [0.29, 0.717) is 6.54 Å². The zero-order valence-electron chi connectivity index (χ0n) is 10.8. The third-order valence-electron chi connectivity index (χ3n) is 2.58. The fourth-order valence-corrected chi connectivity index (χ4v) is 4.20. The van der Waals surface area contributed by atoms with Gasteiger partial charge in [0, 0.05) is 25.7 Å². The van der Waals surface area contributed by atoms with Crippen molar-refractivity contribution in [2.45, 2.75) is 40.2 Å². The van der Waals surface area contributed by atoms with Crippen LogP contribution in [0.2, 0.25) is 0 Å². The first-order valence-electron chi connectivity index (χ1n) is 5.96. The van der Waals surface area contributed by atoms with Crippen molar-refractivity contribution >= 4 is 10.0 Å². The lowest BCUT2D eigenvalue weighted by Gasteiger charge is -2.38. The highest BCUT2D eigenvalue weighted by atomic mass is 32.2. The van der Waals surface area contributed by atoms with Gasteiger partial charge in [0.05, 0.1) is 5.75 Å². The predicted octanol–water partition coefficient (Wildman–Crippen LogP) is 1.05. The first-order valence-corrected chi connectivity index (χ1v) is 7.57. The van der Waals surface area contributed by atoms with Crippen LogP contribution < -0.4 is 5.32 Å². The van der Waals surface area contributed by atoms with Gasteiger partial charge in [-0.05, 0) is 11.8 Å². The van der Waals surface area contributed by atoms with E-state index in [1.807, 2.05) is 27.7 Å². The molecule has 0 aliphatic carbocycles. The predicted molar refractivity (Wildman–Crippen MR) is 66.9 cm³/mol. The average molecular weight is 248 g/mol. The number of sulfonamides is 1. The van der Waals surface area contributed by atoms with E-state index in [0.717, 1.165) is 19.5 Å². The third kappa shape index (κ3) is 3.71.